The monoisotopic (exact) mass is 358 g/mol. The minimum Gasteiger partial charge on any atom is -0.355 e. The maximum absolute atomic E-state index is 12.7. The molecule has 0 fully saturated rings. The van der Waals surface area contributed by atoms with Crippen LogP contribution in [-0.4, -0.2) is 44.5 Å². The molecule has 136 valence electrons. The Balaban J connectivity index is 2.23. The second kappa shape index (κ2) is 7.03. The second-order valence-corrected chi connectivity index (χ2v) is 5.31. The van der Waals surface area contributed by atoms with Gasteiger partial charge in [0.25, 0.3) is 11.6 Å². The highest BCUT2D eigenvalue weighted by atomic mass is 19.4. The van der Waals surface area contributed by atoms with Crippen LogP contribution in [0.15, 0.2) is 0 Å². The van der Waals surface area contributed by atoms with Gasteiger partial charge in [0.15, 0.2) is 0 Å². The molecule has 0 saturated heterocycles. The third-order valence-electron chi connectivity index (χ3n) is 3.46. The molecule has 0 aromatic carbocycles. The van der Waals surface area contributed by atoms with Gasteiger partial charge in [-0.3, -0.25) is 9.59 Å². The van der Waals surface area contributed by atoms with Crippen LogP contribution in [0, 0.1) is 13.8 Å². The molecule has 2 aromatic rings. The van der Waals surface area contributed by atoms with Gasteiger partial charge in [-0.25, -0.2) is 9.50 Å². The van der Waals surface area contributed by atoms with Gasteiger partial charge in [0.1, 0.15) is 0 Å². The van der Waals surface area contributed by atoms with Gasteiger partial charge in [-0.05, 0) is 20.8 Å². The first-order chi connectivity index (χ1) is 11.6. The molecular formula is C14H17F3N6O2. The second-order valence-electron chi connectivity index (χ2n) is 5.31. The van der Waals surface area contributed by atoms with E-state index < -0.39 is 17.9 Å². The summed E-state index contributed by atoms with van der Waals surface area (Å²) in [5.74, 6) is -2.26. The van der Waals surface area contributed by atoms with Crippen molar-refractivity contribution in [1.82, 2.24) is 30.2 Å². The number of carbonyl (C=O) groups excluding carboxylic acids is 2. The van der Waals surface area contributed by atoms with E-state index in [2.05, 4.69) is 25.7 Å². The van der Waals surface area contributed by atoms with Crippen molar-refractivity contribution in [3.8, 4) is 0 Å². The summed E-state index contributed by atoms with van der Waals surface area (Å²) < 4.78 is 39.2. The van der Waals surface area contributed by atoms with Gasteiger partial charge in [0.05, 0.1) is 13.0 Å². The Hall–Kier alpha value is -2.72. The number of nitrogens with one attached hydrogen (secondary N) is 2. The zero-order chi connectivity index (χ0) is 18.8. The Morgan fingerprint density at radius 2 is 1.80 bits per heavy atom. The fraction of sp³-hybridized carbons (Fsp3) is 0.500. The molecule has 11 heteroatoms. The number of nitrogens with zero attached hydrogens (tertiary/aromatic N) is 4. The number of fused-ring (bicyclic) bond motifs is 1. The number of rotatable bonds is 5. The molecule has 0 unspecified atom stereocenters. The van der Waals surface area contributed by atoms with Crippen LogP contribution in [0.5, 0.6) is 0 Å². The highest BCUT2D eigenvalue weighted by molar-refractivity contribution is 5.85. The van der Waals surface area contributed by atoms with E-state index >= 15 is 0 Å². The molecule has 0 saturated carbocycles. The van der Waals surface area contributed by atoms with Crippen molar-refractivity contribution >= 4 is 17.6 Å². The zero-order valence-electron chi connectivity index (χ0n) is 13.9. The smallest absolute Gasteiger partial charge is 0.355 e. The fourth-order valence-electron chi connectivity index (χ4n) is 2.25. The van der Waals surface area contributed by atoms with Gasteiger partial charge in [0.2, 0.25) is 11.8 Å². The molecule has 2 N–H and O–H groups in total. The van der Waals surface area contributed by atoms with Crippen molar-refractivity contribution in [2.24, 2.45) is 0 Å². The van der Waals surface area contributed by atoms with Crippen molar-refractivity contribution in [2.45, 2.75) is 33.4 Å². The molecular weight excluding hydrogens is 341 g/mol. The van der Waals surface area contributed by atoms with Crippen molar-refractivity contribution < 1.29 is 22.8 Å². The molecule has 0 aliphatic carbocycles. The lowest BCUT2D eigenvalue weighted by atomic mass is 10.1. The predicted octanol–water partition coefficient (Wildman–Crippen LogP) is 0.555. The molecule has 0 aliphatic rings. The number of hydrogen-bond acceptors (Lipinski definition) is 5. The van der Waals surface area contributed by atoms with Gasteiger partial charge in [-0.1, -0.05) is 0 Å². The van der Waals surface area contributed by atoms with E-state index in [0.29, 0.717) is 23.5 Å². The van der Waals surface area contributed by atoms with E-state index in [1.165, 1.54) is 6.92 Å². The number of amides is 2. The summed E-state index contributed by atoms with van der Waals surface area (Å²) in [4.78, 5) is 30.7. The maximum atomic E-state index is 12.7. The van der Waals surface area contributed by atoms with Crippen LogP contribution in [0.25, 0.3) is 5.78 Å². The first-order valence-electron chi connectivity index (χ1n) is 7.47. The largest absolute Gasteiger partial charge is 0.453 e. The maximum Gasteiger partial charge on any atom is 0.453 e. The lowest BCUT2D eigenvalue weighted by Crippen LogP contribution is -2.37. The number of hydrogen-bond donors (Lipinski definition) is 2. The lowest BCUT2D eigenvalue weighted by molar-refractivity contribution is -0.144. The standard InChI is InChI=1S/C14H17F3N6O2/c1-4-18-11(25)6-19-10(24)5-9-7(2)20-13-21-12(14(15,16)17)22-23(13)8(9)3/h4-6H2,1-3H3,(H,18,25)(H,19,24). The quantitative estimate of drug-likeness (QED) is 0.813. The summed E-state index contributed by atoms with van der Waals surface area (Å²) in [6.07, 6.45) is -4.82. The van der Waals surface area contributed by atoms with E-state index in [1.54, 1.807) is 13.8 Å². The van der Waals surface area contributed by atoms with Gasteiger partial charge < -0.3 is 10.6 Å². The molecule has 2 rings (SSSR count). The number of carbonyl (C=O) groups is 2. The number of likely N-dealkylation sites (N-methyl/N-ethyl adjacent to an activating group) is 1. The minimum absolute atomic E-state index is 0.138. The van der Waals surface area contributed by atoms with Crippen LogP contribution in [0.4, 0.5) is 13.2 Å². The third-order valence-corrected chi connectivity index (χ3v) is 3.46. The summed E-state index contributed by atoms with van der Waals surface area (Å²) in [7, 11) is 0. The van der Waals surface area contributed by atoms with Crippen LogP contribution in [-0.2, 0) is 22.2 Å². The predicted molar refractivity (Wildman–Crippen MR) is 80.7 cm³/mol. The molecule has 0 radical (unpaired) electrons. The number of aromatic nitrogens is 4. The normalized spacial score (nSPS) is 11.6. The first-order valence-corrected chi connectivity index (χ1v) is 7.47. The number of aryl methyl sites for hydroxylation is 2. The Kier molecular flexibility index (Phi) is 5.24. The van der Waals surface area contributed by atoms with Gasteiger partial charge >= 0.3 is 6.18 Å². The van der Waals surface area contributed by atoms with Crippen LogP contribution in [0.1, 0.15) is 29.7 Å². The third kappa shape index (κ3) is 4.22. The summed E-state index contributed by atoms with van der Waals surface area (Å²) in [5, 5.41) is 8.39. The summed E-state index contributed by atoms with van der Waals surface area (Å²) in [6, 6.07) is 0. The Morgan fingerprint density at radius 1 is 1.12 bits per heavy atom. The molecule has 2 heterocycles. The van der Waals surface area contributed by atoms with E-state index in [9.17, 15) is 22.8 Å². The molecule has 0 atom stereocenters. The highest BCUT2D eigenvalue weighted by Gasteiger charge is 2.37. The number of halogens is 3. The van der Waals surface area contributed by atoms with Crippen molar-refractivity contribution in [3.05, 3.63) is 22.8 Å². The molecule has 0 aliphatic heterocycles. The molecule has 0 spiro atoms. The lowest BCUT2D eigenvalue weighted by Gasteiger charge is -2.10. The summed E-state index contributed by atoms with van der Waals surface area (Å²) in [5.41, 5.74) is 1.14. The van der Waals surface area contributed by atoms with Crippen molar-refractivity contribution in [1.29, 1.82) is 0 Å². The van der Waals surface area contributed by atoms with Gasteiger partial charge in [-0.2, -0.15) is 18.2 Å². The summed E-state index contributed by atoms with van der Waals surface area (Å²) >= 11 is 0. The number of alkyl halides is 3. The van der Waals surface area contributed by atoms with E-state index in [0.717, 1.165) is 4.52 Å². The molecule has 2 amide bonds. The van der Waals surface area contributed by atoms with Crippen molar-refractivity contribution in [3.63, 3.8) is 0 Å². The Bertz CT molecular complexity index is 815. The zero-order valence-corrected chi connectivity index (χ0v) is 13.9. The SMILES string of the molecule is CCNC(=O)CNC(=O)Cc1c(C)nc2nc(C(F)(F)F)nn2c1C. The molecule has 2 aromatic heterocycles. The first kappa shape index (κ1) is 18.6. The Labute approximate surface area is 140 Å². The minimum atomic E-state index is -4.68. The fourth-order valence-corrected chi connectivity index (χ4v) is 2.25. The molecule has 25 heavy (non-hydrogen) atoms. The van der Waals surface area contributed by atoms with Crippen molar-refractivity contribution in [2.75, 3.05) is 13.1 Å². The highest BCUT2D eigenvalue weighted by Crippen LogP contribution is 2.27. The van der Waals surface area contributed by atoms with Crippen LogP contribution < -0.4 is 10.6 Å². The molecule has 0 bridgehead atoms. The van der Waals surface area contributed by atoms with Crippen LogP contribution in [0.2, 0.25) is 0 Å². The topological polar surface area (TPSA) is 101 Å². The summed E-state index contributed by atoms with van der Waals surface area (Å²) in [6.45, 7) is 5.12. The van der Waals surface area contributed by atoms with E-state index in [1.807, 2.05) is 0 Å². The van der Waals surface area contributed by atoms with Crippen LogP contribution in [0.3, 0.4) is 0 Å². The average molecular weight is 358 g/mol. The van der Waals surface area contributed by atoms with Gasteiger partial charge in [-0.15, -0.1) is 5.10 Å². The van der Waals surface area contributed by atoms with E-state index in [4.69, 9.17) is 0 Å². The van der Waals surface area contributed by atoms with E-state index in [-0.39, 0.29) is 24.7 Å². The van der Waals surface area contributed by atoms with Gasteiger partial charge in [0, 0.05) is 23.5 Å². The molecule has 8 nitrogen and oxygen atoms in total. The van der Waals surface area contributed by atoms with Crippen LogP contribution >= 0.6 is 0 Å². The Morgan fingerprint density at radius 3 is 2.40 bits per heavy atom. The average Bonchev–Trinajstić information content (AvgIpc) is 2.94.